The first-order valence-corrected chi connectivity index (χ1v) is 7.72. The lowest BCUT2D eigenvalue weighted by Gasteiger charge is -2.23. The number of hydrogen-bond donors (Lipinski definition) is 1. The number of allylic oxidation sites excluding steroid dienone is 1. The summed E-state index contributed by atoms with van der Waals surface area (Å²) in [7, 11) is 1.20. The summed E-state index contributed by atoms with van der Waals surface area (Å²) in [5, 5.41) is 0.957. The van der Waals surface area contributed by atoms with E-state index in [1.54, 1.807) is 18.2 Å². The van der Waals surface area contributed by atoms with Crippen molar-refractivity contribution in [1.82, 2.24) is 10.4 Å². The molecular weight excluding hydrogens is 328 g/mol. The van der Waals surface area contributed by atoms with E-state index in [2.05, 4.69) is 16.7 Å². The molecule has 0 bridgehead atoms. The van der Waals surface area contributed by atoms with Gasteiger partial charge in [0.05, 0.1) is 7.11 Å². The second-order valence-electron chi connectivity index (χ2n) is 5.30. The Labute approximate surface area is 145 Å². The third kappa shape index (κ3) is 4.72. The van der Waals surface area contributed by atoms with Crippen LogP contribution in [0.2, 0.25) is 0 Å². The average molecular weight is 348 g/mol. The van der Waals surface area contributed by atoms with Crippen molar-refractivity contribution in [3.63, 3.8) is 0 Å². The minimum absolute atomic E-state index is 0.0489. The number of carbonyl (C=O) groups is 3. The number of amides is 2. The second-order valence-corrected chi connectivity index (χ2v) is 5.30. The molecule has 2 amide bonds. The quantitative estimate of drug-likeness (QED) is 0.461. The van der Waals surface area contributed by atoms with Gasteiger partial charge in [0.25, 0.3) is 0 Å². The zero-order valence-electron chi connectivity index (χ0n) is 13.8. The highest BCUT2D eigenvalue weighted by atomic mass is 16.6. The molecule has 8 nitrogen and oxygen atoms in total. The molecule has 1 saturated heterocycles. The maximum Gasteiger partial charge on any atom is 0.430 e. The summed E-state index contributed by atoms with van der Waals surface area (Å²) in [4.78, 5) is 35.7. The van der Waals surface area contributed by atoms with Crippen LogP contribution in [0.4, 0.5) is 9.59 Å². The molecule has 1 fully saturated rings. The molecule has 1 aromatic carbocycles. The number of carbonyl (C=O) groups excluding carboxylic acids is 3. The summed E-state index contributed by atoms with van der Waals surface area (Å²) >= 11 is 0. The Hall–Kier alpha value is -3.03. The van der Waals surface area contributed by atoms with Crippen molar-refractivity contribution >= 4 is 18.2 Å². The fourth-order valence-corrected chi connectivity index (χ4v) is 2.39. The summed E-state index contributed by atoms with van der Waals surface area (Å²) in [5.41, 5.74) is 3.13. The number of esters is 1. The van der Waals surface area contributed by atoms with E-state index in [9.17, 15) is 14.4 Å². The molecule has 1 aliphatic rings. The summed E-state index contributed by atoms with van der Waals surface area (Å²) < 4.78 is 14.7. The lowest BCUT2D eigenvalue weighted by molar-refractivity contribution is -0.150. The van der Waals surface area contributed by atoms with Crippen LogP contribution in [0.1, 0.15) is 18.4 Å². The van der Waals surface area contributed by atoms with E-state index in [0.29, 0.717) is 12.8 Å². The number of methoxy groups -OCH3 is 1. The molecule has 134 valence electrons. The van der Waals surface area contributed by atoms with Crippen LogP contribution in [0.15, 0.2) is 43.0 Å². The Balaban J connectivity index is 1.99. The number of benzene rings is 1. The van der Waals surface area contributed by atoms with Crippen LogP contribution in [0.5, 0.6) is 0 Å². The van der Waals surface area contributed by atoms with Crippen LogP contribution in [-0.2, 0) is 25.6 Å². The molecule has 1 heterocycles. The average Bonchev–Trinajstić information content (AvgIpc) is 2.94. The van der Waals surface area contributed by atoms with Gasteiger partial charge in [0, 0.05) is 0 Å². The second kappa shape index (κ2) is 8.72. The summed E-state index contributed by atoms with van der Waals surface area (Å²) in [6.45, 7) is 3.66. The van der Waals surface area contributed by atoms with Crippen molar-refractivity contribution in [2.45, 2.75) is 31.6 Å². The van der Waals surface area contributed by atoms with E-state index in [1.807, 2.05) is 18.2 Å². The summed E-state index contributed by atoms with van der Waals surface area (Å²) in [5.74, 6) is -0.690. The predicted octanol–water partition coefficient (Wildman–Crippen LogP) is 2.16. The number of cyclic esters (lactones) is 1. The number of rotatable bonds is 7. The van der Waals surface area contributed by atoms with E-state index < -0.39 is 30.3 Å². The highest BCUT2D eigenvalue weighted by molar-refractivity contribution is 5.84. The van der Waals surface area contributed by atoms with Crippen LogP contribution < -0.4 is 5.43 Å². The van der Waals surface area contributed by atoms with Crippen molar-refractivity contribution < 1.29 is 28.6 Å². The Kier molecular flexibility index (Phi) is 6.39. The molecule has 2 atom stereocenters. The molecule has 1 N–H and O–H groups in total. The molecule has 8 heteroatoms. The van der Waals surface area contributed by atoms with Gasteiger partial charge in [0.15, 0.2) is 0 Å². The topological polar surface area (TPSA) is 94.2 Å². The zero-order valence-corrected chi connectivity index (χ0v) is 13.8. The standard InChI is InChI=1S/C17H20N2O6/c1-3-4-10-13-14(15(20)23-2)25-17(22)19(13)18-16(21)24-11-12-8-6-5-7-9-12/h3,5-9,13-14H,1,4,10-11H2,2H3,(H,18,21)/t13-,14+/m0/s1. The predicted molar refractivity (Wildman–Crippen MR) is 87.1 cm³/mol. The molecular formula is C17H20N2O6. The van der Waals surface area contributed by atoms with Gasteiger partial charge in [0.2, 0.25) is 6.10 Å². The lowest BCUT2D eigenvalue weighted by Crippen LogP contribution is -2.50. The molecule has 25 heavy (non-hydrogen) atoms. The van der Waals surface area contributed by atoms with E-state index in [0.717, 1.165) is 10.6 Å². The SMILES string of the molecule is C=CCC[C@H]1[C@H](C(=O)OC)OC(=O)N1NC(=O)OCc1ccccc1. The summed E-state index contributed by atoms with van der Waals surface area (Å²) in [6.07, 6.45) is -0.258. The van der Waals surface area contributed by atoms with Gasteiger partial charge in [-0.25, -0.2) is 24.8 Å². The van der Waals surface area contributed by atoms with Crippen LogP contribution in [0, 0.1) is 0 Å². The minimum atomic E-state index is -1.12. The van der Waals surface area contributed by atoms with Crippen molar-refractivity contribution in [3.8, 4) is 0 Å². The molecule has 0 radical (unpaired) electrons. The maximum absolute atomic E-state index is 12.0. The van der Waals surface area contributed by atoms with E-state index in [1.165, 1.54) is 7.11 Å². The number of ether oxygens (including phenoxy) is 3. The normalized spacial score (nSPS) is 19.1. The van der Waals surface area contributed by atoms with Gasteiger partial charge in [-0.3, -0.25) is 0 Å². The number of hydrogen-bond acceptors (Lipinski definition) is 6. The van der Waals surface area contributed by atoms with Crippen LogP contribution in [0.3, 0.4) is 0 Å². The van der Waals surface area contributed by atoms with Crippen LogP contribution in [0.25, 0.3) is 0 Å². The van der Waals surface area contributed by atoms with Gasteiger partial charge in [-0.15, -0.1) is 6.58 Å². The third-order valence-corrected chi connectivity index (χ3v) is 3.63. The molecule has 0 aliphatic carbocycles. The van der Waals surface area contributed by atoms with E-state index in [-0.39, 0.29) is 6.61 Å². The van der Waals surface area contributed by atoms with Crippen LogP contribution >= 0.6 is 0 Å². The maximum atomic E-state index is 12.0. The van der Waals surface area contributed by atoms with Crippen molar-refractivity contribution in [3.05, 3.63) is 48.6 Å². The van der Waals surface area contributed by atoms with Gasteiger partial charge >= 0.3 is 18.2 Å². The third-order valence-electron chi connectivity index (χ3n) is 3.63. The van der Waals surface area contributed by atoms with Crippen molar-refractivity contribution in [2.24, 2.45) is 0 Å². The minimum Gasteiger partial charge on any atom is -0.466 e. The first-order valence-electron chi connectivity index (χ1n) is 7.72. The Morgan fingerprint density at radius 2 is 2.08 bits per heavy atom. The first-order chi connectivity index (χ1) is 12.1. The number of nitrogens with one attached hydrogen (secondary N) is 1. The van der Waals surface area contributed by atoms with Gasteiger partial charge in [-0.05, 0) is 18.4 Å². The fraction of sp³-hybridized carbons (Fsp3) is 0.353. The van der Waals surface area contributed by atoms with E-state index >= 15 is 0 Å². The smallest absolute Gasteiger partial charge is 0.430 e. The Morgan fingerprint density at radius 3 is 2.72 bits per heavy atom. The highest BCUT2D eigenvalue weighted by Gasteiger charge is 2.47. The monoisotopic (exact) mass is 348 g/mol. The van der Waals surface area contributed by atoms with Gasteiger partial charge in [-0.1, -0.05) is 36.4 Å². The van der Waals surface area contributed by atoms with Gasteiger partial charge < -0.3 is 14.2 Å². The zero-order chi connectivity index (χ0) is 18.2. The van der Waals surface area contributed by atoms with Gasteiger partial charge in [-0.2, -0.15) is 0 Å². The largest absolute Gasteiger partial charge is 0.466 e. The molecule has 0 saturated carbocycles. The van der Waals surface area contributed by atoms with Crippen LogP contribution in [-0.4, -0.2) is 42.4 Å². The molecule has 0 aromatic heterocycles. The summed E-state index contributed by atoms with van der Waals surface area (Å²) in [6, 6.07) is 8.39. The molecule has 1 aliphatic heterocycles. The molecule has 0 spiro atoms. The Morgan fingerprint density at radius 1 is 1.36 bits per heavy atom. The first kappa shape index (κ1) is 18.3. The molecule has 2 rings (SSSR count). The highest BCUT2D eigenvalue weighted by Crippen LogP contribution is 2.23. The lowest BCUT2D eigenvalue weighted by atomic mass is 10.1. The molecule has 0 unspecified atom stereocenters. The van der Waals surface area contributed by atoms with Crippen molar-refractivity contribution in [1.29, 1.82) is 0 Å². The van der Waals surface area contributed by atoms with E-state index in [4.69, 9.17) is 9.47 Å². The number of hydrazine groups is 1. The fourth-order valence-electron chi connectivity index (χ4n) is 2.39. The Bertz CT molecular complexity index is 633. The molecule has 1 aromatic rings. The van der Waals surface area contributed by atoms with Gasteiger partial charge in [0.1, 0.15) is 12.6 Å². The van der Waals surface area contributed by atoms with Crippen molar-refractivity contribution in [2.75, 3.05) is 7.11 Å². The number of nitrogens with zero attached hydrogens (tertiary/aromatic N) is 1.